The standard InChI is InChI=1S/C30H39N3O3/c1-30(15-14-23-17-25(23)18-30)21-31-16-7-5-3-4-6-9-22-10-8-11-24(20-34)26(22)19-33(2)27-12-13-28(35)32-29(27)36/h8,10-11,14,20,25,27,31H,3-5,7,12-13,15-19,21H2,1-2H3,(H,32,35,36). The van der Waals surface area contributed by atoms with Crippen molar-refractivity contribution in [3.05, 3.63) is 46.5 Å². The van der Waals surface area contributed by atoms with Gasteiger partial charge in [-0.25, -0.2) is 0 Å². The number of carbonyl (C=O) groups excluding carboxylic acids is 3. The first-order valence-corrected chi connectivity index (χ1v) is 13.4. The SMILES string of the molecule is CN(Cc1c(C#CCCCCCNCC2(C)CC=C3CC3C2)cccc1C=O)C1CCC(=O)NC1=O. The van der Waals surface area contributed by atoms with Crippen LogP contribution in [0.5, 0.6) is 0 Å². The van der Waals surface area contributed by atoms with Gasteiger partial charge in [-0.2, -0.15) is 0 Å². The summed E-state index contributed by atoms with van der Waals surface area (Å²) in [6, 6.07) is 5.18. The van der Waals surface area contributed by atoms with Gasteiger partial charge in [-0.1, -0.05) is 49.0 Å². The minimum Gasteiger partial charge on any atom is -0.316 e. The largest absolute Gasteiger partial charge is 0.316 e. The third-order valence-electron chi connectivity index (χ3n) is 7.86. The summed E-state index contributed by atoms with van der Waals surface area (Å²) in [6.07, 6.45) is 12.2. The smallest absolute Gasteiger partial charge is 0.243 e. The zero-order chi connectivity index (χ0) is 25.5. The number of benzene rings is 1. The van der Waals surface area contributed by atoms with Crippen molar-refractivity contribution in [2.75, 3.05) is 20.1 Å². The van der Waals surface area contributed by atoms with Gasteiger partial charge in [-0.15, -0.1) is 0 Å². The Bertz CT molecular complexity index is 1080. The Kier molecular flexibility index (Phi) is 8.77. The Morgan fingerprint density at radius 1 is 1.25 bits per heavy atom. The lowest BCUT2D eigenvalue weighted by Gasteiger charge is -2.31. The third-order valence-corrected chi connectivity index (χ3v) is 7.86. The summed E-state index contributed by atoms with van der Waals surface area (Å²) in [5, 5.41) is 6.08. The molecule has 0 aromatic heterocycles. The number of unbranched alkanes of at least 4 members (excludes halogenated alkanes) is 3. The van der Waals surface area contributed by atoms with Gasteiger partial charge >= 0.3 is 0 Å². The van der Waals surface area contributed by atoms with Crippen molar-refractivity contribution in [3.63, 3.8) is 0 Å². The number of allylic oxidation sites excluding steroid dienone is 2. The highest BCUT2D eigenvalue weighted by molar-refractivity contribution is 6.00. The second-order valence-corrected chi connectivity index (χ2v) is 11.1. The van der Waals surface area contributed by atoms with Crippen molar-refractivity contribution in [3.8, 4) is 11.8 Å². The average Bonchev–Trinajstić information content (AvgIpc) is 3.61. The molecule has 0 radical (unpaired) electrons. The summed E-state index contributed by atoms with van der Waals surface area (Å²) < 4.78 is 0. The summed E-state index contributed by atoms with van der Waals surface area (Å²) in [6.45, 7) is 5.00. The summed E-state index contributed by atoms with van der Waals surface area (Å²) >= 11 is 0. The molecule has 1 saturated carbocycles. The molecule has 0 spiro atoms. The van der Waals surface area contributed by atoms with Crippen LogP contribution in [0.25, 0.3) is 0 Å². The molecule has 4 rings (SSSR count). The molecular formula is C30H39N3O3. The Hall–Kier alpha value is -2.75. The fraction of sp³-hybridized carbons (Fsp3) is 0.567. The van der Waals surface area contributed by atoms with Crippen LogP contribution in [0.3, 0.4) is 0 Å². The van der Waals surface area contributed by atoms with E-state index in [0.29, 0.717) is 30.4 Å². The molecule has 3 aliphatic rings. The number of fused-ring (bicyclic) bond motifs is 1. The number of aldehydes is 1. The molecule has 0 bridgehead atoms. The quantitative estimate of drug-likeness (QED) is 0.162. The minimum atomic E-state index is -0.389. The van der Waals surface area contributed by atoms with Crippen LogP contribution in [0, 0.1) is 23.2 Å². The number of likely N-dealkylation sites (N-methyl/N-ethyl adjacent to an activating group) is 1. The van der Waals surface area contributed by atoms with Crippen LogP contribution >= 0.6 is 0 Å². The minimum absolute atomic E-state index is 0.229. The molecule has 192 valence electrons. The van der Waals surface area contributed by atoms with Gasteiger partial charge in [0, 0.05) is 37.1 Å². The third kappa shape index (κ3) is 6.93. The molecular weight excluding hydrogens is 450 g/mol. The summed E-state index contributed by atoms with van der Waals surface area (Å²) in [4.78, 5) is 37.3. The Balaban J connectivity index is 1.21. The van der Waals surface area contributed by atoms with Crippen molar-refractivity contribution in [1.29, 1.82) is 0 Å². The Morgan fingerprint density at radius 3 is 2.89 bits per heavy atom. The highest BCUT2D eigenvalue weighted by Gasteiger charge is 2.40. The van der Waals surface area contributed by atoms with Gasteiger partial charge in [0.2, 0.25) is 11.8 Å². The molecule has 36 heavy (non-hydrogen) atoms. The van der Waals surface area contributed by atoms with Crippen molar-refractivity contribution in [1.82, 2.24) is 15.5 Å². The van der Waals surface area contributed by atoms with Gasteiger partial charge in [0.05, 0.1) is 6.04 Å². The normalized spacial score (nSPS) is 24.9. The van der Waals surface area contributed by atoms with E-state index in [1.807, 2.05) is 24.1 Å². The molecule has 3 atom stereocenters. The van der Waals surface area contributed by atoms with Crippen molar-refractivity contribution in [2.45, 2.75) is 77.3 Å². The van der Waals surface area contributed by atoms with Crippen molar-refractivity contribution >= 4 is 18.1 Å². The van der Waals surface area contributed by atoms with Crippen molar-refractivity contribution < 1.29 is 14.4 Å². The topological polar surface area (TPSA) is 78.5 Å². The number of nitrogens with zero attached hydrogens (tertiary/aromatic N) is 1. The van der Waals surface area contributed by atoms with Gasteiger partial charge in [-0.3, -0.25) is 24.6 Å². The molecule has 1 aromatic rings. The number of nitrogens with one attached hydrogen (secondary N) is 2. The predicted molar refractivity (Wildman–Crippen MR) is 141 cm³/mol. The number of rotatable bonds is 11. The van der Waals surface area contributed by atoms with Crippen LogP contribution in [0.15, 0.2) is 29.8 Å². The lowest BCUT2D eigenvalue weighted by Crippen LogP contribution is -2.51. The molecule has 6 nitrogen and oxygen atoms in total. The molecule has 6 heteroatoms. The van der Waals surface area contributed by atoms with Gasteiger partial charge in [0.25, 0.3) is 0 Å². The van der Waals surface area contributed by atoms with E-state index >= 15 is 0 Å². The van der Waals surface area contributed by atoms with E-state index in [0.717, 1.165) is 62.1 Å². The predicted octanol–water partition coefficient (Wildman–Crippen LogP) is 3.98. The second kappa shape index (κ2) is 12.0. The fourth-order valence-corrected chi connectivity index (χ4v) is 5.54. The van der Waals surface area contributed by atoms with Crippen LogP contribution in [-0.4, -0.2) is 49.2 Å². The number of hydrogen-bond donors (Lipinski definition) is 2. The van der Waals surface area contributed by atoms with Crippen molar-refractivity contribution in [2.24, 2.45) is 11.3 Å². The summed E-state index contributed by atoms with van der Waals surface area (Å²) in [7, 11) is 1.85. The number of carbonyl (C=O) groups is 3. The van der Waals surface area contributed by atoms with E-state index in [1.54, 1.807) is 11.6 Å². The maximum absolute atomic E-state index is 12.2. The van der Waals surface area contributed by atoms with Gasteiger partial charge in [0.1, 0.15) is 6.29 Å². The molecule has 2 aliphatic carbocycles. The number of piperidine rings is 1. The monoisotopic (exact) mass is 489 g/mol. The van der Waals surface area contributed by atoms with E-state index in [1.165, 1.54) is 19.3 Å². The second-order valence-electron chi connectivity index (χ2n) is 11.1. The maximum Gasteiger partial charge on any atom is 0.243 e. The average molecular weight is 490 g/mol. The molecule has 2 amide bonds. The van der Waals surface area contributed by atoms with E-state index in [4.69, 9.17) is 0 Å². The van der Waals surface area contributed by atoms with Gasteiger partial charge < -0.3 is 5.32 Å². The van der Waals surface area contributed by atoms with E-state index in [2.05, 4.69) is 35.5 Å². The maximum atomic E-state index is 12.2. The van der Waals surface area contributed by atoms with Gasteiger partial charge in [0.15, 0.2) is 0 Å². The molecule has 1 aliphatic heterocycles. The zero-order valence-corrected chi connectivity index (χ0v) is 21.7. The van der Waals surface area contributed by atoms with Crippen LogP contribution in [-0.2, 0) is 16.1 Å². The number of hydrogen-bond acceptors (Lipinski definition) is 5. The molecule has 1 aromatic carbocycles. The van der Waals surface area contributed by atoms with Crippen LogP contribution in [0.4, 0.5) is 0 Å². The van der Waals surface area contributed by atoms with E-state index < -0.39 is 0 Å². The first-order chi connectivity index (χ1) is 17.4. The Labute approximate surface area is 215 Å². The van der Waals surface area contributed by atoms with Crippen LogP contribution in [0.2, 0.25) is 0 Å². The molecule has 1 saturated heterocycles. The molecule has 2 fully saturated rings. The first kappa shape index (κ1) is 26.3. The van der Waals surface area contributed by atoms with Gasteiger partial charge in [-0.05, 0) is 75.1 Å². The number of imide groups is 1. The van der Waals surface area contributed by atoms with Crippen LogP contribution in [0.1, 0.15) is 86.2 Å². The highest BCUT2D eigenvalue weighted by Crippen LogP contribution is 2.51. The Morgan fingerprint density at radius 2 is 2.11 bits per heavy atom. The lowest BCUT2D eigenvalue weighted by atomic mass is 9.78. The van der Waals surface area contributed by atoms with Crippen LogP contribution < -0.4 is 10.6 Å². The lowest BCUT2D eigenvalue weighted by molar-refractivity contribution is -0.137. The summed E-state index contributed by atoms with van der Waals surface area (Å²) in [5.41, 5.74) is 4.37. The van der Waals surface area contributed by atoms with E-state index in [9.17, 15) is 14.4 Å². The molecule has 1 heterocycles. The molecule has 2 N–H and O–H groups in total. The zero-order valence-electron chi connectivity index (χ0n) is 21.7. The fourth-order valence-electron chi connectivity index (χ4n) is 5.54. The van der Waals surface area contributed by atoms with E-state index in [-0.39, 0.29) is 17.9 Å². The number of amides is 2. The highest BCUT2D eigenvalue weighted by atomic mass is 16.2. The first-order valence-electron chi connectivity index (χ1n) is 13.4. The molecule has 3 unspecified atom stereocenters. The summed E-state index contributed by atoms with van der Waals surface area (Å²) in [5.74, 6) is 6.92.